The molecule has 0 bridgehead atoms. The Morgan fingerprint density at radius 3 is 1.49 bits per heavy atom. The van der Waals surface area contributed by atoms with Gasteiger partial charge < -0.3 is 0 Å². The fourth-order valence-corrected chi connectivity index (χ4v) is 11.0. The van der Waals surface area contributed by atoms with Crippen molar-refractivity contribution in [1.29, 1.82) is 0 Å². The maximum absolute atomic E-state index is 14.5. The molecule has 0 atom stereocenters. The number of halogens is 3. The van der Waals surface area contributed by atoms with Gasteiger partial charge in [-0.05, 0) is 0 Å². The van der Waals surface area contributed by atoms with Gasteiger partial charge in [0, 0.05) is 0 Å². The van der Waals surface area contributed by atoms with Crippen molar-refractivity contribution in [3.05, 3.63) is 77.4 Å². The standard InChI is InChI=1S/C22H20F3N2O2.C13H27.Sn/c1-28-19-8-3-16(4-9-19)14-27(15-17-5-10-20(29-2)11-6-17)21-12-7-18(13-26-21)22(23,24)25;1-4-7-10-13(11-8-5-2)12-9-6-3;/h3-12H,14-15H2,1-2H3;4-12H2,1-3H3;. The van der Waals surface area contributed by atoms with Crippen molar-refractivity contribution < 1.29 is 22.6 Å². The SMILES string of the molecule is CCCC[C](CCCC)(CCCC)[Sn][c]1nc(N(Cc2ccc(OC)cc2)Cc2ccc(OC)cc2)ccc1C(F)(F)F. The third-order valence-corrected chi connectivity index (χ3v) is 13.4. The number of methoxy groups -OCH3 is 2. The Hall–Kier alpha value is -2.42. The fraction of sp³-hybridized carbons (Fsp3) is 0.514. The molecule has 4 nitrogen and oxygen atoms in total. The molecule has 3 rings (SSSR count). The van der Waals surface area contributed by atoms with E-state index in [1.165, 1.54) is 6.07 Å². The van der Waals surface area contributed by atoms with E-state index in [4.69, 9.17) is 14.5 Å². The number of alkyl halides is 3. The molecule has 0 unspecified atom stereocenters. The second-order valence-electron chi connectivity index (χ2n) is 11.3. The van der Waals surface area contributed by atoms with Gasteiger partial charge in [-0.15, -0.1) is 0 Å². The summed E-state index contributed by atoms with van der Waals surface area (Å²) in [5.41, 5.74) is 1.52. The van der Waals surface area contributed by atoms with Crippen LogP contribution in [0.15, 0.2) is 60.7 Å². The first-order valence-corrected chi connectivity index (χ1v) is 18.4. The summed E-state index contributed by atoms with van der Waals surface area (Å²) >= 11 is -1.76. The molecular weight excluding hydrogens is 656 g/mol. The Morgan fingerprint density at radius 2 is 1.12 bits per heavy atom. The third-order valence-electron chi connectivity index (χ3n) is 7.99. The molecule has 3 aromatic rings. The molecule has 2 radical (unpaired) electrons. The minimum atomic E-state index is -4.43. The van der Waals surface area contributed by atoms with Gasteiger partial charge in [0.25, 0.3) is 0 Å². The molecule has 0 aliphatic rings. The first kappa shape index (κ1) is 35.1. The van der Waals surface area contributed by atoms with Gasteiger partial charge in [-0.2, -0.15) is 0 Å². The Kier molecular flexibility index (Phi) is 14.0. The first-order valence-electron chi connectivity index (χ1n) is 15.5. The number of rotatable bonds is 18. The van der Waals surface area contributed by atoms with Crippen molar-refractivity contribution in [3.63, 3.8) is 0 Å². The summed E-state index contributed by atoms with van der Waals surface area (Å²) in [6.45, 7) is 7.53. The van der Waals surface area contributed by atoms with E-state index in [1.54, 1.807) is 20.3 Å². The van der Waals surface area contributed by atoms with E-state index in [2.05, 4.69) is 25.7 Å². The Labute approximate surface area is 266 Å². The maximum atomic E-state index is 14.5. The number of anilines is 1. The van der Waals surface area contributed by atoms with Crippen molar-refractivity contribution in [2.45, 2.75) is 101 Å². The van der Waals surface area contributed by atoms with Crippen molar-refractivity contribution in [1.82, 2.24) is 4.98 Å². The zero-order valence-electron chi connectivity index (χ0n) is 26.4. The van der Waals surface area contributed by atoms with Crippen LogP contribution >= 0.6 is 0 Å². The first-order chi connectivity index (χ1) is 20.7. The quantitative estimate of drug-likeness (QED) is 0.124. The molecular formula is C35H47F3N2O2Sn. The summed E-state index contributed by atoms with van der Waals surface area (Å²) < 4.78 is 54.5. The molecule has 0 N–H and O–H groups in total. The van der Waals surface area contributed by atoms with Gasteiger partial charge in [0.2, 0.25) is 0 Å². The van der Waals surface area contributed by atoms with Gasteiger partial charge in [0.1, 0.15) is 0 Å². The van der Waals surface area contributed by atoms with Crippen molar-refractivity contribution in [2.75, 3.05) is 19.1 Å². The molecule has 0 spiro atoms. The minimum absolute atomic E-state index is 0.0200. The van der Waals surface area contributed by atoms with Crippen molar-refractivity contribution in [2.24, 2.45) is 0 Å². The number of hydrogen-bond donors (Lipinski definition) is 0. The van der Waals surface area contributed by atoms with Gasteiger partial charge in [-0.25, -0.2) is 0 Å². The molecule has 234 valence electrons. The van der Waals surface area contributed by atoms with Crippen LogP contribution in [0.4, 0.5) is 19.0 Å². The van der Waals surface area contributed by atoms with Crippen LogP contribution in [0.5, 0.6) is 11.5 Å². The molecule has 0 aliphatic heterocycles. The zero-order valence-corrected chi connectivity index (χ0v) is 29.3. The molecule has 8 heteroatoms. The van der Waals surface area contributed by atoms with E-state index in [9.17, 15) is 13.2 Å². The predicted molar refractivity (Wildman–Crippen MR) is 172 cm³/mol. The summed E-state index contributed by atoms with van der Waals surface area (Å²) in [5.74, 6) is 2.11. The van der Waals surface area contributed by atoms with E-state index < -0.39 is 32.9 Å². The summed E-state index contributed by atoms with van der Waals surface area (Å²) in [6, 6.07) is 18.5. The normalized spacial score (nSPS) is 11.9. The molecule has 1 heterocycles. The van der Waals surface area contributed by atoms with Gasteiger partial charge in [0.15, 0.2) is 0 Å². The Balaban J connectivity index is 2.09. The Morgan fingerprint density at radius 1 is 0.674 bits per heavy atom. The average Bonchev–Trinajstić information content (AvgIpc) is 3.01. The van der Waals surface area contributed by atoms with Gasteiger partial charge in [-0.3, -0.25) is 0 Å². The zero-order chi connectivity index (χ0) is 31.3. The van der Waals surface area contributed by atoms with Gasteiger partial charge in [-0.1, -0.05) is 0 Å². The van der Waals surface area contributed by atoms with Gasteiger partial charge in [0.05, 0.1) is 0 Å². The van der Waals surface area contributed by atoms with Crippen LogP contribution in [0, 0.1) is 0 Å². The van der Waals surface area contributed by atoms with E-state index in [1.807, 2.05) is 48.5 Å². The molecule has 0 saturated carbocycles. The fourth-order valence-electron chi connectivity index (χ4n) is 5.43. The molecule has 1 aromatic heterocycles. The predicted octanol–water partition coefficient (Wildman–Crippen LogP) is 9.38. The monoisotopic (exact) mass is 704 g/mol. The van der Waals surface area contributed by atoms with E-state index >= 15 is 0 Å². The molecule has 43 heavy (non-hydrogen) atoms. The van der Waals surface area contributed by atoms with Crippen molar-refractivity contribution >= 4 is 30.7 Å². The number of aromatic nitrogens is 1. The number of pyridine rings is 1. The molecule has 0 fully saturated rings. The molecule has 0 amide bonds. The number of hydrogen-bond acceptors (Lipinski definition) is 4. The number of benzene rings is 2. The van der Waals surface area contributed by atoms with Crippen LogP contribution in [0.1, 0.15) is 95.2 Å². The number of unbranched alkanes of at least 4 members (excludes halogenated alkanes) is 3. The van der Waals surface area contributed by atoms with Crippen LogP contribution in [0.2, 0.25) is 3.43 Å². The van der Waals surface area contributed by atoms with Crippen LogP contribution in [-0.4, -0.2) is 40.3 Å². The van der Waals surface area contributed by atoms with Crippen LogP contribution < -0.4 is 18.1 Å². The second-order valence-corrected chi connectivity index (χ2v) is 16.4. The van der Waals surface area contributed by atoms with Crippen LogP contribution in [0.25, 0.3) is 0 Å². The average molecular weight is 703 g/mol. The second kappa shape index (κ2) is 17.2. The summed E-state index contributed by atoms with van der Waals surface area (Å²) in [4.78, 5) is 7.02. The van der Waals surface area contributed by atoms with Gasteiger partial charge >= 0.3 is 268 Å². The topological polar surface area (TPSA) is 34.6 Å². The number of ether oxygens (including phenoxy) is 2. The molecule has 0 aliphatic carbocycles. The van der Waals surface area contributed by atoms with E-state index in [0.717, 1.165) is 80.4 Å². The molecule has 0 saturated heterocycles. The van der Waals surface area contributed by atoms with E-state index in [0.29, 0.717) is 22.6 Å². The summed E-state index contributed by atoms with van der Waals surface area (Å²) in [5, 5.41) is 0. The number of nitrogens with zero attached hydrogens (tertiary/aromatic N) is 2. The Bertz CT molecular complexity index is 1160. The van der Waals surface area contributed by atoms with Crippen molar-refractivity contribution in [3.8, 4) is 11.5 Å². The van der Waals surface area contributed by atoms with E-state index in [-0.39, 0.29) is 3.43 Å². The third kappa shape index (κ3) is 10.6. The molecule has 2 aromatic carbocycles. The van der Waals surface area contributed by atoms with Crippen LogP contribution in [-0.2, 0) is 19.3 Å². The van der Waals surface area contributed by atoms with Crippen LogP contribution in [0.3, 0.4) is 0 Å². The summed E-state index contributed by atoms with van der Waals surface area (Å²) in [6.07, 6.45) is 4.89. The summed E-state index contributed by atoms with van der Waals surface area (Å²) in [7, 11) is 3.26.